The molecule has 3 aromatic carbocycles. The Morgan fingerprint density at radius 3 is 2.03 bits per heavy atom. The molecule has 39 heavy (non-hydrogen) atoms. The highest BCUT2D eigenvalue weighted by Crippen LogP contribution is 2.31. The highest BCUT2D eigenvalue weighted by atomic mass is 35.5. The Bertz CT molecular complexity index is 1400. The van der Waals surface area contributed by atoms with Crippen molar-refractivity contribution < 1.29 is 40.2 Å². The molecule has 0 spiro atoms. The quantitative estimate of drug-likeness (QED) is 0.144. The molecule has 0 saturated carbocycles. The van der Waals surface area contributed by atoms with Crippen molar-refractivity contribution >= 4 is 38.9 Å². The summed E-state index contributed by atoms with van der Waals surface area (Å²) in [7, 11) is -3.44. The molecule has 212 valence electrons. The average Bonchev–Trinajstić information content (AvgIpc) is 2.88. The van der Waals surface area contributed by atoms with E-state index in [9.17, 15) is 35.5 Å². The molecule has 2 atom stereocenters. The molecule has 1 unspecified atom stereocenters. The van der Waals surface area contributed by atoms with Crippen molar-refractivity contribution in [2.75, 3.05) is 30.7 Å². The van der Waals surface area contributed by atoms with Crippen LogP contribution in [-0.2, 0) is 16.4 Å². The van der Waals surface area contributed by atoms with Crippen molar-refractivity contribution in [3.05, 3.63) is 92.7 Å². The van der Waals surface area contributed by atoms with Gasteiger partial charge in [0.05, 0.1) is 16.3 Å². The molecule has 3 N–H and O–H groups in total. The standard InChI is InChI=1S/C25H23Cl2F5N2O4S/c1-39(36,37)34-15-3-5-17(6-4-15)38-12-16(35)11-33-10-14(13-2-7-19(26)20(27)9-13)8-18-21(28)23(30)25(32)24(31)22(18)29/h2-7,9,14,16,33-35H,8,10-12H2,1H3/t14?,16-/m0/s1. The van der Waals surface area contributed by atoms with Crippen molar-refractivity contribution in [2.24, 2.45) is 0 Å². The van der Waals surface area contributed by atoms with Crippen molar-refractivity contribution in [3.63, 3.8) is 0 Å². The first-order valence-corrected chi connectivity index (χ1v) is 14.0. The third-order valence-electron chi connectivity index (χ3n) is 5.54. The van der Waals surface area contributed by atoms with Gasteiger partial charge >= 0.3 is 0 Å². The van der Waals surface area contributed by atoms with Crippen molar-refractivity contribution in [1.82, 2.24) is 5.32 Å². The maximum absolute atomic E-state index is 14.4. The fourth-order valence-corrected chi connectivity index (χ4v) is 4.53. The van der Waals surface area contributed by atoms with Crippen LogP contribution in [0, 0.1) is 29.1 Å². The van der Waals surface area contributed by atoms with Crippen LogP contribution in [0.5, 0.6) is 5.75 Å². The lowest BCUT2D eigenvalue weighted by molar-refractivity contribution is 0.106. The largest absolute Gasteiger partial charge is 0.491 e. The van der Waals surface area contributed by atoms with Gasteiger partial charge in [0.25, 0.3) is 0 Å². The van der Waals surface area contributed by atoms with Gasteiger partial charge in [-0.25, -0.2) is 30.4 Å². The summed E-state index contributed by atoms with van der Waals surface area (Å²) in [6.07, 6.45) is -0.615. The Hall–Kier alpha value is -2.64. The SMILES string of the molecule is CS(=O)(=O)Nc1ccc(OC[C@@H](O)CNCC(Cc2c(F)c(F)c(F)c(F)c2F)c2ccc(Cl)c(Cl)c2)cc1. The first kappa shape index (κ1) is 30.9. The molecular weight excluding hydrogens is 590 g/mol. The molecule has 0 amide bonds. The smallest absolute Gasteiger partial charge is 0.229 e. The van der Waals surface area contributed by atoms with Crippen molar-refractivity contribution in [1.29, 1.82) is 0 Å². The lowest BCUT2D eigenvalue weighted by atomic mass is 9.91. The van der Waals surface area contributed by atoms with Gasteiger partial charge in [0.15, 0.2) is 23.3 Å². The molecule has 6 nitrogen and oxygen atoms in total. The van der Waals surface area contributed by atoms with Crippen LogP contribution in [0.15, 0.2) is 42.5 Å². The van der Waals surface area contributed by atoms with Crippen LogP contribution < -0.4 is 14.8 Å². The lowest BCUT2D eigenvalue weighted by Crippen LogP contribution is -2.34. The Labute approximate surface area is 231 Å². The van der Waals surface area contributed by atoms with Crippen LogP contribution in [0.2, 0.25) is 10.0 Å². The predicted molar refractivity (Wildman–Crippen MR) is 138 cm³/mol. The van der Waals surface area contributed by atoms with Crippen LogP contribution in [-0.4, -0.2) is 45.6 Å². The number of halogens is 7. The van der Waals surface area contributed by atoms with E-state index in [-0.39, 0.29) is 29.7 Å². The van der Waals surface area contributed by atoms with Gasteiger partial charge in [-0.05, 0) is 48.4 Å². The van der Waals surface area contributed by atoms with Gasteiger partial charge in [-0.3, -0.25) is 4.72 Å². The second-order valence-electron chi connectivity index (χ2n) is 8.64. The molecule has 0 aliphatic rings. The van der Waals surface area contributed by atoms with Crippen molar-refractivity contribution in [3.8, 4) is 5.75 Å². The summed E-state index contributed by atoms with van der Waals surface area (Å²) >= 11 is 12.0. The van der Waals surface area contributed by atoms with E-state index in [1.54, 1.807) is 0 Å². The van der Waals surface area contributed by atoms with E-state index >= 15 is 0 Å². The number of nitrogens with one attached hydrogen (secondary N) is 2. The molecule has 3 rings (SSSR count). The summed E-state index contributed by atoms with van der Waals surface area (Å²) in [6, 6.07) is 10.3. The highest BCUT2D eigenvalue weighted by Gasteiger charge is 2.28. The molecule has 0 heterocycles. The molecule has 0 aliphatic carbocycles. The number of aliphatic hydroxyl groups is 1. The van der Waals surface area contributed by atoms with Gasteiger partial charge in [-0.15, -0.1) is 0 Å². The minimum atomic E-state index is -3.44. The van der Waals surface area contributed by atoms with E-state index < -0.39 is 63.1 Å². The number of anilines is 1. The zero-order valence-electron chi connectivity index (χ0n) is 20.3. The predicted octanol–water partition coefficient (Wildman–Crippen LogP) is 5.42. The number of sulfonamides is 1. The summed E-state index contributed by atoms with van der Waals surface area (Å²) in [4.78, 5) is 0. The number of hydrogen-bond donors (Lipinski definition) is 3. The fraction of sp³-hybridized carbons (Fsp3) is 0.280. The van der Waals surface area contributed by atoms with Crippen molar-refractivity contribution in [2.45, 2.75) is 18.4 Å². The summed E-state index contributed by atoms with van der Waals surface area (Å²) in [5.41, 5.74) is -0.245. The van der Waals surface area contributed by atoms with E-state index in [4.69, 9.17) is 27.9 Å². The van der Waals surface area contributed by atoms with Crippen LogP contribution in [0.1, 0.15) is 17.0 Å². The zero-order chi connectivity index (χ0) is 28.9. The molecule has 3 aromatic rings. The lowest BCUT2D eigenvalue weighted by Gasteiger charge is -2.21. The molecular formula is C25H23Cl2F5N2O4S. The Balaban J connectivity index is 1.66. The third kappa shape index (κ3) is 8.42. The number of ether oxygens (including phenoxy) is 1. The van der Waals surface area contributed by atoms with Crippen LogP contribution in [0.4, 0.5) is 27.6 Å². The number of aliphatic hydroxyl groups excluding tert-OH is 1. The Morgan fingerprint density at radius 1 is 0.872 bits per heavy atom. The second-order valence-corrected chi connectivity index (χ2v) is 11.2. The number of hydrogen-bond acceptors (Lipinski definition) is 5. The monoisotopic (exact) mass is 612 g/mol. The fourth-order valence-electron chi connectivity index (χ4n) is 3.66. The molecule has 0 saturated heterocycles. The molecule has 0 aromatic heterocycles. The molecule has 0 aliphatic heterocycles. The number of rotatable bonds is 12. The second kappa shape index (κ2) is 13.1. The minimum Gasteiger partial charge on any atom is -0.491 e. The summed E-state index contributed by atoms with van der Waals surface area (Å²) in [5, 5.41) is 13.5. The third-order valence-corrected chi connectivity index (χ3v) is 6.88. The van der Waals surface area contributed by atoms with Gasteiger partial charge in [-0.2, -0.15) is 0 Å². The molecule has 14 heteroatoms. The summed E-state index contributed by atoms with van der Waals surface area (Å²) in [6.45, 7) is -0.260. The van der Waals surface area contributed by atoms with Crippen LogP contribution >= 0.6 is 23.2 Å². The first-order chi connectivity index (χ1) is 18.3. The van der Waals surface area contributed by atoms with Gasteiger partial charge in [-0.1, -0.05) is 29.3 Å². The molecule has 0 radical (unpaired) electrons. The molecule has 0 fully saturated rings. The number of benzene rings is 3. The van der Waals surface area contributed by atoms with Gasteiger partial charge in [0.2, 0.25) is 15.8 Å². The first-order valence-electron chi connectivity index (χ1n) is 11.3. The van der Waals surface area contributed by atoms with Gasteiger partial charge < -0.3 is 15.2 Å². The summed E-state index contributed by atoms with van der Waals surface area (Å²) in [5.74, 6) is -10.7. The normalized spacial score (nSPS) is 13.3. The molecule has 0 bridgehead atoms. The van der Waals surface area contributed by atoms with E-state index in [1.807, 2.05) is 0 Å². The van der Waals surface area contributed by atoms with E-state index in [0.717, 1.165) is 6.26 Å². The Morgan fingerprint density at radius 2 is 1.46 bits per heavy atom. The maximum Gasteiger partial charge on any atom is 0.229 e. The van der Waals surface area contributed by atoms with Gasteiger partial charge in [0, 0.05) is 30.3 Å². The Kier molecular flexibility index (Phi) is 10.4. The van der Waals surface area contributed by atoms with E-state index in [0.29, 0.717) is 17.0 Å². The van der Waals surface area contributed by atoms with E-state index in [2.05, 4.69) is 10.0 Å². The minimum absolute atomic E-state index is 0.0413. The topological polar surface area (TPSA) is 87.7 Å². The van der Waals surface area contributed by atoms with E-state index in [1.165, 1.54) is 42.5 Å². The summed E-state index contributed by atoms with van der Waals surface area (Å²) < 4.78 is 100. The van der Waals surface area contributed by atoms with Gasteiger partial charge in [0.1, 0.15) is 18.5 Å². The highest BCUT2D eigenvalue weighted by molar-refractivity contribution is 7.92. The zero-order valence-corrected chi connectivity index (χ0v) is 22.6. The average molecular weight is 613 g/mol. The van der Waals surface area contributed by atoms with Crippen LogP contribution in [0.3, 0.4) is 0 Å². The van der Waals surface area contributed by atoms with Crippen LogP contribution in [0.25, 0.3) is 0 Å². The maximum atomic E-state index is 14.4.